The van der Waals surface area contributed by atoms with Crippen LogP contribution >= 0.6 is 0 Å². The van der Waals surface area contributed by atoms with E-state index in [-0.39, 0.29) is 12.1 Å². The van der Waals surface area contributed by atoms with E-state index < -0.39 is 0 Å². The van der Waals surface area contributed by atoms with Crippen molar-refractivity contribution in [1.82, 2.24) is 9.97 Å². The maximum absolute atomic E-state index is 9.62. The van der Waals surface area contributed by atoms with Gasteiger partial charge in [0.1, 0.15) is 5.75 Å². The minimum absolute atomic E-state index is 0.156. The molecule has 128 valence electrons. The van der Waals surface area contributed by atoms with Gasteiger partial charge in [0, 0.05) is 6.04 Å². The molecular weight excluding hydrogens is 308 g/mol. The molecule has 1 aliphatic rings. The first-order valence-electron chi connectivity index (χ1n) is 7.83. The molecule has 1 aromatic carbocycles. The average molecular weight is 330 g/mol. The number of rotatable bonds is 5. The standard InChI is InChI=1S/C16H22N6O2/c1-24-13-6-3-11(4-7-13)22(18)15-14(17)9-19-16(21-15)20-10-2-5-12(23)8-10/h3-4,6-7,9-10,12,23H,2,5,8,17-18H2,1H3,(H,19,20,21). The molecule has 1 aromatic heterocycles. The van der Waals surface area contributed by atoms with Crippen LogP contribution in [0.5, 0.6) is 5.75 Å². The predicted molar refractivity (Wildman–Crippen MR) is 93.0 cm³/mol. The Morgan fingerprint density at radius 3 is 2.67 bits per heavy atom. The molecule has 0 radical (unpaired) electrons. The lowest BCUT2D eigenvalue weighted by atomic mass is 10.2. The molecule has 24 heavy (non-hydrogen) atoms. The molecule has 1 saturated carbocycles. The fraction of sp³-hybridized carbons (Fsp3) is 0.375. The van der Waals surface area contributed by atoms with Crippen molar-refractivity contribution in [2.75, 3.05) is 23.2 Å². The van der Waals surface area contributed by atoms with Crippen LogP contribution in [-0.2, 0) is 0 Å². The van der Waals surface area contributed by atoms with Gasteiger partial charge in [0.2, 0.25) is 5.95 Å². The summed E-state index contributed by atoms with van der Waals surface area (Å²) in [6.45, 7) is 0. The first-order chi connectivity index (χ1) is 11.6. The largest absolute Gasteiger partial charge is 0.497 e. The van der Waals surface area contributed by atoms with Crippen molar-refractivity contribution in [3.63, 3.8) is 0 Å². The summed E-state index contributed by atoms with van der Waals surface area (Å²) in [5, 5.41) is 14.2. The highest BCUT2D eigenvalue weighted by Gasteiger charge is 2.23. The molecular formula is C16H22N6O2. The Bertz CT molecular complexity index is 693. The van der Waals surface area contributed by atoms with Crippen LogP contribution in [-0.4, -0.2) is 34.3 Å². The van der Waals surface area contributed by atoms with E-state index in [2.05, 4.69) is 15.3 Å². The lowest BCUT2D eigenvalue weighted by Gasteiger charge is -2.21. The monoisotopic (exact) mass is 330 g/mol. The molecule has 2 atom stereocenters. The van der Waals surface area contributed by atoms with Crippen molar-refractivity contribution in [3.8, 4) is 5.75 Å². The van der Waals surface area contributed by atoms with E-state index >= 15 is 0 Å². The van der Waals surface area contributed by atoms with Crippen molar-refractivity contribution >= 4 is 23.1 Å². The second-order valence-corrected chi connectivity index (χ2v) is 5.85. The molecule has 1 aliphatic carbocycles. The number of nitrogen functional groups attached to an aromatic ring is 1. The van der Waals surface area contributed by atoms with E-state index in [0.29, 0.717) is 23.9 Å². The van der Waals surface area contributed by atoms with Crippen LogP contribution in [0, 0.1) is 0 Å². The smallest absolute Gasteiger partial charge is 0.225 e. The number of hydrogen-bond acceptors (Lipinski definition) is 8. The number of anilines is 4. The number of methoxy groups -OCH3 is 1. The van der Waals surface area contributed by atoms with Gasteiger partial charge in [-0.25, -0.2) is 10.8 Å². The normalized spacial score (nSPS) is 20.0. The zero-order valence-corrected chi connectivity index (χ0v) is 13.5. The second-order valence-electron chi connectivity index (χ2n) is 5.85. The van der Waals surface area contributed by atoms with Crippen molar-refractivity contribution in [2.45, 2.75) is 31.4 Å². The van der Waals surface area contributed by atoms with Gasteiger partial charge in [0.05, 0.1) is 30.8 Å². The third-order valence-electron chi connectivity index (χ3n) is 4.11. The lowest BCUT2D eigenvalue weighted by molar-refractivity contribution is 0.182. The zero-order valence-electron chi connectivity index (χ0n) is 13.5. The maximum atomic E-state index is 9.62. The van der Waals surface area contributed by atoms with Crippen LogP contribution in [0.25, 0.3) is 0 Å². The lowest BCUT2D eigenvalue weighted by Crippen LogP contribution is -2.28. The van der Waals surface area contributed by atoms with Gasteiger partial charge >= 0.3 is 0 Å². The van der Waals surface area contributed by atoms with Gasteiger partial charge in [-0.05, 0) is 43.5 Å². The van der Waals surface area contributed by atoms with Crippen molar-refractivity contribution in [2.24, 2.45) is 5.84 Å². The number of aliphatic hydroxyl groups is 1. The summed E-state index contributed by atoms with van der Waals surface area (Å²) >= 11 is 0. The summed E-state index contributed by atoms with van der Waals surface area (Å²) in [5.74, 6) is 7.76. The number of benzene rings is 1. The molecule has 0 spiro atoms. The van der Waals surface area contributed by atoms with E-state index in [4.69, 9.17) is 16.3 Å². The number of nitrogens with two attached hydrogens (primary N) is 2. The number of nitrogens with one attached hydrogen (secondary N) is 1. The number of aromatic nitrogens is 2. The Balaban J connectivity index is 1.79. The summed E-state index contributed by atoms with van der Waals surface area (Å²) in [5.41, 5.74) is 7.08. The van der Waals surface area contributed by atoms with Gasteiger partial charge in [0.15, 0.2) is 5.82 Å². The molecule has 0 amide bonds. The molecule has 1 heterocycles. The highest BCUT2D eigenvalue weighted by atomic mass is 16.5. The van der Waals surface area contributed by atoms with Crippen LogP contribution < -0.4 is 26.6 Å². The Labute approximate surface area is 140 Å². The van der Waals surface area contributed by atoms with Crippen LogP contribution in [0.1, 0.15) is 19.3 Å². The van der Waals surface area contributed by atoms with E-state index in [9.17, 15) is 5.11 Å². The van der Waals surface area contributed by atoms with Gasteiger partial charge in [-0.2, -0.15) is 4.98 Å². The van der Waals surface area contributed by atoms with Crippen molar-refractivity contribution in [3.05, 3.63) is 30.5 Å². The predicted octanol–water partition coefficient (Wildman–Crippen LogP) is 1.40. The van der Waals surface area contributed by atoms with Gasteiger partial charge < -0.3 is 20.9 Å². The first-order valence-corrected chi connectivity index (χ1v) is 7.83. The quantitative estimate of drug-likeness (QED) is 0.479. The Morgan fingerprint density at radius 1 is 1.29 bits per heavy atom. The van der Waals surface area contributed by atoms with Crippen LogP contribution in [0.2, 0.25) is 0 Å². The number of ether oxygens (including phenoxy) is 1. The van der Waals surface area contributed by atoms with E-state index in [1.54, 1.807) is 7.11 Å². The third kappa shape index (κ3) is 3.50. The fourth-order valence-corrected chi connectivity index (χ4v) is 2.78. The summed E-state index contributed by atoms with van der Waals surface area (Å²) in [7, 11) is 1.61. The Hall–Kier alpha value is -2.58. The average Bonchev–Trinajstić information content (AvgIpc) is 3.01. The van der Waals surface area contributed by atoms with Gasteiger partial charge in [-0.15, -0.1) is 0 Å². The molecule has 3 rings (SSSR count). The molecule has 8 heteroatoms. The van der Waals surface area contributed by atoms with E-state index in [1.165, 1.54) is 11.2 Å². The van der Waals surface area contributed by atoms with Gasteiger partial charge in [-0.1, -0.05) is 0 Å². The Kier molecular flexibility index (Phi) is 4.68. The fourth-order valence-electron chi connectivity index (χ4n) is 2.78. The van der Waals surface area contributed by atoms with Gasteiger partial charge in [0.25, 0.3) is 0 Å². The number of hydrazine groups is 1. The van der Waals surface area contributed by atoms with E-state index in [1.807, 2.05) is 24.3 Å². The summed E-state index contributed by atoms with van der Waals surface area (Å²) in [6, 6.07) is 7.42. The summed E-state index contributed by atoms with van der Waals surface area (Å²) < 4.78 is 5.14. The summed E-state index contributed by atoms with van der Waals surface area (Å²) in [6.07, 6.45) is 3.62. The highest BCUT2D eigenvalue weighted by Crippen LogP contribution is 2.28. The molecule has 2 unspecified atom stereocenters. The molecule has 0 saturated heterocycles. The SMILES string of the molecule is COc1ccc(N(N)c2nc(NC3CCC(O)C3)ncc2N)cc1. The van der Waals surface area contributed by atoms with Crippen LogP contribution in [0.4, 0.5) is 23.1 Å². The highest BCUT2D eigenvalue weighted by molar-refractivity contribution is 5.70. The zero-order chi connectivity index (χ0) is 17.1. The van der Waals surface area contributed by atoms with Crippen molar-refractivity contribution < 1.29 is 9.84 Å². The Morgan fingerprint density at radius 2 is 2.04 bits per heavy atom. The number of hydrogen-bond donors (Lipinski definition) is 4. The van der Waals surface area contributed by atoms with Crippen molar-refractivity contribution in [1.29, 1.82) is 0 Å². The second kappa shape index (κ2) is 6.90. The summed E-state index contributed by atoms with van der Waals surface area (Å²) in [4.78, 5) is 8.62. The molecule has 1 fully saturated rings. The number of aliphatic hydroxyl groups excluding tert-OH is 1. The molecule has 8 nitrogen and oxygen atoms in total. The third-order valence-corrected chi connectivity index (χ3v) is 4.11. The first kappa shape index (κ1) is 16.3. The maximum Gasteiger partial charge on any atom is 0.225 e. The van der Waals surface area contributed by atoms with Crippen LogP contribution in [0.15, 0.2) is 30.5 Å². The number of nitrogens with zero attached hydrogens (tertiary/aromatic N) is 3. The molecule has 2 aromatic rings. The van der Waals surface area contributed by atoms with Crippen LogP contribution in [0.3, 0.4) is 0 Å². The molecule has 6 N–H and O–H groups in total. The minimum Gasteiger partial charge on any atom is -0.497 e. The molecule has 0 aliphatic heterocycles. The minimum atomic E-state index is -0.263. The topological polar surface area (TPSA) is 123 Å². The van der Waals surface area contributed by atoms with Gasteiger partial charge in [-0.3, -0.25) is 5.01 Å². The molecule has 0 bridgehead atoms. The van der Waals surface area contributed by atoms with E-state index in [0.717, 1.165) is 24.3 Å².